The molecule has 1 aromatic carbocycles. The summed E-state index contributed by atoms with van der Waals surface area (Å²) < 4.78 is 29.2. The number of carbonyl (C=O) groups is 1. The van der Waals surface area contributed by atoms with Crippen LogP contribution in [0.5, 0.6) is 0 Å². The third-order valence-corrected chi connectivity index (χ3v) is 7.63. The zero-order valence-electron chi connectivity index (χ0n) is 18.6. The Kier molecular flexibility index (Phi) is 6.10. The monoisotopic (exact) mass is 549 g/mol. The number of nitrogens with zero attached hydrogens (tertiary/aromatic N) is 3. The average Bonchev–Trinajstić information content (AvgIpc) is 3.07. The van der Waals surface area contributed by atoms with Gasteiger partial charge in [0.05, 0.1) is 34.2 Å². The molecule has 0 spiro atoms. The summed E-state index contributed by atoms with van der Waals surface area (Å²) in [7, 11) is -1.71. The van der Waals surface area contributed by atoms with E-state index in [0.717, 1.165) is 0 Å². The van der Waals surface area contributed by atoms with Crippen molar-refractivity contribution in [3.05, 3.63) is 50.0 Å². The number of rotatable bonds is 3. The molecule has 3 heterocycles. The Balaban J connectivity index is 1.85. The Morgan fingerprint density at radius 2 is 2.03 bits per heavy atom. The quantitative estimate of drug-likeness (QED) is 0.347. The number of alkyl halides is 1. The van der Waals surface area contributed by atoms with Gasteiger partial charge in [-0.3, -0.25) is 14.2 Å². The van der Waals surface area contributed by atoms with E-state index >= 15 is 0 Å². The van der Waals surface area contributed by atoms with E-state index in [9.17, 15) is 18.4 Å². The second-order valence-corrected chi connectivity index (χ2v) is 16.1. The summed E-state index contributed by atoms with van der Waals surface area (Å²) in [5, 5.41) is 0.340. The number of fused-ring (bicyclic) bond motifs is 1. The van der Waals surface area contributed by atoms with Crippen LogP contribution < -0.4 is 5.56 Å². The lowest BCUT2D eigenvalue weighted by Crippen LogP contribution is -2.60. The van der Waals surface area contributed by atoms with Crippen LogP contribution >= 0.6 is 27.3 Å². The fourth-order valence-corrected chi connectivity index (χ4v) is 5.55. The highest BCUT2D eigenvalue weighted by Crippen LogP contribution is 2.37. The zero-order valence-corrected chi connectivity index (χ0v) is 22.0. The molecule has 10 heteroatoms. The van der Waals surface area contributed by atoms with Gasteiger partial charge < -0.3 is 4.90 Å². The topological polar surface area (TPSA) is 55.2 Å². The minimum absolute atomic E-state index is 0.0139. The maximum atomic E-state index is 13.9. The highest BCUT2D eigenvalue weighted by atomic mass is 79.9. The number of amides is 1. The molecular weight excluding hydrogens is 528 g/mol. The molecule has 1 aliphatic rings. The number of hydrogen-bond donors (Lipinski definition) is 0. The number of thiophene rings is 1. The first kappa shape index (κ1) is 23.8. The summed E-state index contributed by atoms with van der Waals surface area (Å²) in [4.78, 5) is 32.9. The van der Waals surface area contributed by atoms with Crippen LogP contribution in [0.25, 0.3) is 21.3 Å². The molecule has 0 bridgehead atoms. The summed E-state index contributed by atoms with van der Waals surface area (Å²) in [6.45, 7) is 7.61. The van der Waals surface area contributed by atoms with E-state index in [-0.39, 0.29) is 35.6 Å². The molecule has 0 unspecified atom stereocenters. The summed E-state index contributed by atoms with van der Waals surface area (Å²) in [5.74, 6) is 2.47. The predicted octanol–water partition coefficient (Wildman–Crippen LogP) is 4.83. The molecule has 1 fully saturated rings. The Labute approximate surface area is 203 Å². The van der Waals surface area contributed by atoms with Crippen LogP contribution in [0, 0.1) is 17.3 Å². The summed E-state index contributed by atoms with van der Waals surface area (Å²) in [6, 6.07) is 4.54. The van der Waals surface area contributed by atoms with Gasteiger partial charge in [-0.2, -0.15) is 0 Å². The second kappa shape index (κ2) is 8.45. The van der Waals surface area contributed by atoms with E-state index in [2.05, 4.69) is 52.0 Å². The lowest BCUT2D eigenvalue weighted by atomic mass is 9.99. The van der Waals surface area contributed by atoms with Crippen LogP contribution in [0.2, 0.25) is 19.6 Å². The van der Waals surface area contributed by atoms with Gasteiger partial charge in [0.2, 0.25) is 5.91 Å². The van der Waals surface area contributed by atoms with Crippen molar-refractivity contribution in [3.63, 3.8) is 0 Å². The van der Waals surface area contributed by atoms with E-state index in [0.29, 0.717) is 26.2 Å². The van der Waals surface area contributed by atoms with Gasteiger partial charge in [0.1, 0.15) is 30.9 Å². The van der Waals surface area contributed by atoms with Gasteiger partial charge >= 0.3 is 0 Å². The van der Waals surface area contributed by atoms with Crippen molar-refractivity contribution in [2.75, 3.05) is 13.1 Å². The molecule has 172 valence electrons. The van der Waals surface area contributed by atoms with Crippen molar-refractivity contribution in [1.29, 1.82) is 0 Å². The maximum absolute atomic E-state index is 13.9. The van der Waals surface area contributed by atoms with Gasteiger partial charge in [-0.15, -0.1) is 16.9 Å². The second-order valence-electron chi connectivity index (χ2n) is 9.46. The van der Waals surface area contributed by atoms with Crippen molar-refractivity contribution >= 4 is 51.5 Å². The number of hydrogen-bond acceptors (Lipinski definition) is 4. The molecule has 33 heavy (non-hydrogen) atoms. The number of halogens is 3. The average molecular weight is 551 g/mol. The van der Waals surface area contributed by atoms with Crippen LogP contribution in [0.15, 0.2) is 33.8 Å². The van der Waals surface area contributed by atoms with Crippen molar-refractivity contribution in [3.8, 4) is 22.6 Å². The van der Waals surface area contributed by atoms with Gasteiger partial charge in [0.25, 0.3) is 5.56 Å². The minimum atomic E-state index is -1.71. The van der Waals surface area contributed by atoms with E-state index in [1.54, 1.807) is 12.1 Å². The summed E-state index contributed by atoms with van der Waals surface area (Å²) in [5.41, 5.74) is 2.77. The molecule has 0 atom stereocenters. The molecule has 0 aliphatic carbocycles. The normalized spacial score (nSPS) is 15.2. The van der Waals surface area contributed by atoms with Gasteiger partial charge in [-0.25, -0.2) is 13.8 Å². The van der Waals surface area contributed by atoms with Crippen LogP contribution in [0.3, 0.4) is 0 Å². The predicted molar refractivity (Wildman–Crippen MR) is 133 cm³/mol. The molecule has 0 N–H and O–H groups in total. The molecule has 0 saturated carbocycles. The number of aromatic nitrogens is 2. The van der Waals surface area contributed by atoms with E-state index in [4.69, 9.17) is 0 Å². The third kappa shape index (κ3) is 4.95. The number of benzene rings is 1. The van der Waals surface area contributed by atoms with Crippen molar-refractivity contribution in [2.24, 2.45) is 0 Å². The fourth-order valence-electron chi connectivity index (χ4n) is 3.57. The SMILES string of the molecule is CC1(F)CN(C(=O)Cn2cnc3sc(C#C[Si](C)(C)C)c(-c4ccc(F)c(Br)c4)c3c2=O)C1. The Bertz CT molecular complexity index is 1390. The number of likely N-dealkylation sites (tertiary alicyclic amines) is 1. The van der Waals surface area contributed by atoms with Crippen LogP contribution in [-0.2, 0) is 11.3 Å². The van der Waals surface area contributed by atoms with E-state index in [1.807, 2.05) is 0 Å². The standard InChI is InChI=1S/C23H22BrF2N3O2SSi/c1-23(26)11-29(12-23)18(30)10-28-13-27-21-20(22(28)31)19(14-5-6-16(25)15(24)9-14)17(32-21)7-8-33(2,3)4/h5-6,9,13H,10-12H2,1-4H3. The minimum Gasteiger partial charge on any atom is -0.335 e. The van der Waals surface area contributed by atoms with Crippen molar-refractivity contribution < 1.29 is 13.6 Å². The third-order valence-electron chi connectivity index (χ3n) is 5.14. The van der Waals surface area contributed by atoms with Gasteiger partial charge in [-0.1, -0.05) is 31.6 Å². The first-order chi connectivity index (χ1) is 15.3. The van der Waals surface area contributed by atoms with Crippen molar-refractivity contribution in [2.45, 2.75) is 38.8 Å². The van der Waals surface area contributed by atoms with Gasteiger partial charge in [0.15, 0.2) is 0 Å². The summed E-state index contributed by atoms with van der Waals surface area (Å²) >= 11 is 4.52. The Morgan fingerprint density at radius 1 is 1.33 bits per heavy atom. The molecule has 0 radical (unpaired) electrons. The fraction of sp³-hybridized carbons (Fsp3) is 0.348. The molecule has 4 rings (SSSR count). The molecular formula is C23H22BrF2N3O2SSi. The molecule has 3 aromatic rings. The van der Waals surface area contributed by atoms with Crippen LogP contribution in [0.1, 0.15) is 11.8 Å². The van der Waals surface area contributed by atoms with E-state index < -0.39 is 19.6 Å². The van der Waals surface area contributed by atoms with Gasteiger partial charge in [0, 0.05) is 5.56 Å². The maximum Gasteiger partial charge on any atom is 0.263 e. The van der Waals surface area contributed by atoms with E-state index in [1.165, 1.54) is 40.1 Å². The number of carbonyl (C=O) groups excluding carboxylic acids is 1. The highest BCUT2D eigenvalue weighted by Gasteiger charge is 2.41. The molecule has 2 aromatic heterocycles. The first-order valence-electron chi connectivity index (χ1n) is 10.3. The lowest BCUT2D eigenvalue weighted by molar-refractivity contribution is -0.144. The molecule has 1 amide bonds. The van der Waals surface area contributed by atoms with Crippen LogP contribution in [-0.4, -0.2) is 47.2 Å². The first-order valence-corrected chi connectivity index (χ1v) is 15.4. The Morgan fingerprint density at radius 3 is 2.64 bits per heavy atom. The molecule has 1 saturated heterocycles. The Hall–Kier alpha value is -2.35. The molecule has 5 nitrogen and oxygen atoms in total. The summed E-state index contributed by atoms with van der Waals surface area (Å²) in [6.07, 6.45) is 1.34. The molecule has 1 aliphatic heterocycles. The smallest absolute Gasteiger partial charge is 0.263 e. The lowest BCUT2D eigenvalue weighted by Gasteiger charge is -2.42. The highest BCUT2D eigenvalue weighted by molar-refractivity contribution is 9.10. The van der Waals surface area contributed by atoms with Gasteiger partial charge in [-0.05, 0) is 40.5 Å². The largest absolute Gasteiger partial charge is 0.335 e. The van der Waals surface area contributed by atoms with Crippen LogP contribution in [0.4, 0.5) is 8.78 Å². The van der Waals surface area contributed by atoms with Crippen molar-refractivity contribution in [1.82, 2.24) is 14.5 Å². The zero-order chi connectivity index (χ0) is 24.1.